The Labute approximate surface area is 189 Å². The molecular formula is C21H25ClF3N5S. The Hall–Kier alpha value is -1.94. The van der Waals surface area contributed by atoms with Crippen LogP contribution in [0.2, 0.25) is 0 Å². The number of likely N-dealkylation sites (N-methyl/N-ethyl adjacent to an activating group) is 1. The first-order valence-electron chi connectivity index (χ1n) is 10.0. The van der Waals surface area contributed by atoms with Crippen LogP contribution >= 0.6 is 23.7 Å². The number of nitrogens with zero attached hydrogens (tertiary/aromatic N) is 4. The van der Waals surface area contributed by atoms with Gasteiger partial charge >= 0.3 is 6.18 Å². The predicted molar refractivity (Wildman–Crippen MR) is 122 cm³/mol. The van der Waals surface area contributed by atoms with E-state index >= 15 is 0 Å². The van der Waals surface area contributed by atoms with Crippen molar-refractivity contribution in [1.29, 1.82) is 0 Å². The highest BCUT2D eigenvalue weighted by atomic mass is 35.5. The number of alkyl halides is 3. The number of hydrogen-bond acceptors (Lipinski definition) is 6. The number of thiophene rings is 1. The van der Waals surface area contributed by atoms with E-state index in [2.05, 4.69) is 32.0 Å². The van der Waals surface area contributed by atoms with E-state index in [0.29, 0.717) is 28.8 Å². The molecule has 3 aromatic heterocycles. The molecule has 0 unspecified atom stereocenters. The topological polar surface area (TPSA) is 44.3 Å². The predicted octanol–water partition coefficient (Wildman–Crippen LogP) is 4.85. The second kappa shape index (κ2) is 10.1. The van der Waals surface area contributed by atoms with Crippen LogP contribution in [-0.2, 0) is 6.18 Å². The van der Waals surface area contributed by atoms with Gasteiger partial charge in [-0.1, -0.05) is 6.92 Å². The summed E-state index contributed by atoms with van der Waals surface area (Å²) in [6, 6.07) is 4.36. The first kappa shape index (κ1) is 23.7. The van der Waals surface area contributed by atoms with Crippen molar-refractivity contribution in [1.82, 2.24) is 19.8 Å². The Bertz CT molecular complexity index is 989. The van der Waals surface area contributed by atoms with Gasteiger partial charge in [-0.25, -0.2) is 9.97 Å². The number of anilines is 1. The molecule has 0 aliphatic carbocycles. The van der Waals surface area contributed by atoms with Crippen LogP contribution in [0, 0.1) is 0 Å². The molecule has 31 heavy (non-hydrogen) atoms. The zero-order chi connectivity index (χ0) is 21.1. The fraction of sp³-hybridized carbons (Fsp3) is 0.429. The van der Waals surface area contributed by atoms with Gasteiger partial charge in [-0.05, 0) is 41.1 Å². The number of rotatable bonds is 6. The summed E-state index contributed by atoms with van der Waals surface area (Å²) in [5, 5.41) is 7.68. The van der Waals surface area contributed by atoms with Gasteiger partial charge in [0.15, 0.2) is 0 Å². The second-order valence-corrected chi connectivity index (χ2v) is 8.11. The largest absolute Gasteiger partial charge is 0.433 e. The summed E-state index contributed by atoms with van der Waals surface area (Å²) in [6.07, 6.45) is -2.88. The van der Waals surface area contributed by atoms with Crippen molar-refractivity contribution in [2.24, 2.45) is 0 Å². The Balaban J connectivity index is 0.00000272. The van der Waals surface area contributed by atoms with Crippen molar-refractivity contribution in [3.63, 3.8) is 0 Å². The number of piperazine rings is 1. The fourth-order valence-corrected chi connectivity index (χ4v) is 4.36. The van der Waals surface area contributed by atoms with Crippen molar-refractivity contribution < 1.29 is 13.2 Å². The van der Waals surface area contributed by atoms with Crippen molar-refractivity contribution in [3.05, 3.63) is 40.8 Å². The Kier molecular flexibility index (Phi) is 7.74. The lowest BCUT2D eigenvalue weighted by molar-refractivity contribution is -0.140. The Morgan fingerprint density at radius 2 is 1.84 bits per heavy atom. The molecule has 0 radical (unpaired) electrons. The van der Waals surface area contributed by atoms with Crippen molar-refractivity contribution in [2.45, 2.75) is 13.1 Å². The summed E-state index contributed by atoms with van der Waals surface area (Å²) < 4.78 is 39.8. The molecule has 1 N–H and O–H groups in total. The third-order valence-electron chi connectivity index (χ3n) is 5.48. The van der Waals surface area contributed by atoms with E-state index in [9.17, 15) is 13.2 Å². The van der Waals surface area contributed by atoms with Crippen LogP contribution in [0.4, 0.5) is 19.0 Å². The highest BCUT2D eigenvalue weighted by molar-refractivity contribution is 7.08. The molecule has 1 aliphatic heterocycles. The first-order chi connectivity index (χ1) is 14.5. The van der Waals surface area contributed by atoms with Crippen molar-refractivity contribution in [3.8, 4) is 11.1 Å². The maximum absolute atomic E-state index is 13.3. The van der Waals surface area contributed by atoms with E-state index in [1.54, 1.807) is 6.20 Å². The number of hydrogen-bond donors (Lipinski definition) is 1. The molecule has 168 valence electrons. The van der Waals surface area contributed by atoms with Crippen molar-refractivity contribution in [2.75, 3.05) is 51.1 Å². The van der Waals surface area contributed by atoms with Gasteiger partial charge in [0.25, 0.3) is 0 Å². The molecule has 0 atom stereocenters. The number of fused-ring (bicyclic) bond motifs is 1. The quantitative estimate of drug-likeness (QED) is 0.557. The van der Waals surface area contributed by atoms with Crippen molar-refractivity contribution >= 4 is 40.5 Å². The van der Waals surface area contributed by atoms with Crippen LogP contribution in [0.3, 0.4) is 0 Å². The third-order valence-corrected chi connectivity index (χ3v) is 6.17. The molecule has 0 aromatic carbocycles. The van der Waals surface area contributed by atoms with Crippen LogP contribution in [0.1, 0.15) is 12.6 Å². The average molecular weight is 472 g/mol. The summed E-state index contributed by atoms with van der Waals surface area (Å²) in [5.74, 6) is 0.567. The molecule has 4 rings (SSSR count). The minimum Gasteiger partial charge on any atom is -0.368 e. The summed E-state index contributed by atoms with van der Waals surface area (Å²) in [4.78, 5) is 13.3. The summed E-state index contributed by atoms with van der Waals surface area (Å²) in [5.41, 5.74) is 0.859. The number of halogens is 4. The molecular weight excluding hydrogens is 447 g/mol. The van der Waals surface area contributed by atoms with E-state index in [4.69, 9.17) is 0 Å². The van der Waals surface area contributed by atoms with E-state index in [1.165, 1.54) is 17.4 Å². The SMILES string of the molecule is CCN1CCN(CCNc2ncc(-c3ccsc3)c3nc(C(F)(F)F)ccc23)CC1.Cl. The summed E-state index contributed by atoms with van der Waals surface area (Å²) in [7, 11) is 0. The maximum atomic E-state index is 13.3. The van der Waals surface area contributed by atoms with Gasteiger partial charge in [0, 0.05) is 56.4 Å². The first-order valence-corrected chi connectivity index (χ1v) is 11.0. The standard InChI is InChI=1S/C21H24F3N5S.ClH/c1-2-28-8-10-29(11-9-28)7-6-25-20-16-3-4-18(21(22,23)24)27-19(16)17(13-26-20)15-5-12-30-14-15;/h3-5,12-14H,2,6-11H2,1H3,(H,25,26);1H. The summed E-state index contributed by atoms with van der Waals surface area (Å²) >= 11 is 1.49. The minimum absolute atomic E-state index is 0. The molecule has 4 heterocycles. The Morgan fingerprint density at radius 1 is 1.10 bits per heavy atom. The molecule has 1 fully saturated rings. The van der Waals surface area contributed by atoms with E-state index in [-0.39, 0.29) is 12.4 Å². The van der Waals surface area contributed by atoms with Gasteiger partial charge in [0.05, 0.1) is 5.52 Å². The van der Waals surface area contributed by atoms with Crippen LogP contribution < -0.4 is 5.32 Å². The molecule has 0 spiro atoms. The van der Waals surface area contributed by atoms with Crippen LogP contribution in [0.5, 0.6) is 0 Å². The monoisotopic (exact) mass is 471 g/mol. The molecule has 5 nitrogen and oxygen atoms in total. The molecule has 3 aromatic rings. The fourth-order valence-electron chi connectivity index (χ4n) is 3.70. The van der Waals surface area contributed by atoms with Gasteiger partial charge < -0.3 is 10.2 Å². The third kappa shape index (κ3) is 5.46. The van der Waals surface area contributed by atoms with Gasteiger partial charge in [-0.3, -0.25) is 4.90 Å². The molecule has 10 heteroatoms. The second-order valence-electron chi connectivity index (χ2n) is 7.33. The van der Waals surface area contributed by atoms with Gasteiger partial charge in [-0.15, -0.1) is 12.4 Å². The number of nitrogens with one attached hydrogen (secondary N) is 1. The lowest BCUT2D eigenvalue weighted by Gasteiger charge is -2.34. The molecule has 0 amide bonds. The zero-order valence-corrected chi connectivity index (χ0v) is 18.8. The Morgan fingerprint density at radius 3 is 2.48 bits per heavy atom. The summed E-state index contributed by atoms with van der Waals surface area (Å²) in [6.45, 7) is 8.97. The number of aromatic nitrogens is 2. The number of pyridine rings is 2. The maximum Gasteiger partial charge on any atom is 0.433 e. The minimum atomic E-state index is -4.49. The van der Waals surface area contributed by atoms with E-state index in [1.807, 2.05) is 16.8 Å². The van der Waals surface area contributed by atoms with E-state index < -0.39 is 11.9 Å². The van der Waals surface area contributed by atoms with Gasteiger partial charge in [0.2, 0.25) is 0 Å². The highest BCUT2D eigenvalue weighted by Crippen LogP contribution is 2.35. The highest BCUT2D eigenvalue weighted by Gasteiger charge is 2.33. The van der Waals surface area contributed by atoms with Gasteiger partial charge in [0.1, 0.15) is 11.5 Å². The lowest BCUT2D eigenvalue weighted by atomic mass is 10.1. The molecule has 1 saturated heterocycles. The van der Waals surface area contributed by atoms with Gasteiger partial charge in [-0.2, -0.15) is 24.5 Å². The van der Waals surface area contributed by atoms with Crippen LogP contribution in [0.25, 0.3) is 22.0 Å². The zero-order valence-electron chi connectivity index (χ0n) is 17.2. The molecule has 0 saturated carbocycles. The lowest BCUT2D eigenvalue weighted by Crippen LogP contribution is -2.47. The average Bonchev–Trinajstić information content (AvgIpc) is 3.28. The smallest absolute Gasteiger partial charge is 0.368 e. The normalized spacial score (nSPS) is 15.7. The molecule has 0 bridgehead atoms. The van der Waals surface area contributed by atoms with Crippen LogP contribution in [-0.4, -0.2) is 65.6 Å². The van der Waals surface area contributed by atoms with E-state index in [0.717, 1.165) is 50.9 Å². The molecule has 1 aliphatic rings. The van der Waals surface area contributed by atoms with Crippen LogP contribution in [0.15, 0.2) is 35.2 Å².